The van der Waals surface area contributed by atoms with E-state index in [2.05, 4.69) is 20.5 Å². The zero-order valence-corrected chi connectivity index (χ0v) is 11.5. The Hall–Kier alpha value is -1.69. The highest BCUT2D eigenvalue weighted by Gasteiger charge is 2.18. The Bertz CT molecular complexity index is 513. The van der Waals surface area contributed by atoms with Crippen LogP contribution in [0.4, 0.5) is 0 Å². The molecule has 0 aromatic carbocycles. The zero-order valence-electron chi connectivity index (χ0n) is 10.7. The minimum Gasteiger partial charge on any atom is -0.343 e. The number of aromatic nitrogens is 3. The van der Waals surface area contributed by atoms with Gasteiger partial charge < -0.3 is 5.32 Å². The number of nitrogens with one attached hydrogen (secondary N) is 2. The third-order valence-corrected chi connectivity index (χ3v) is 4.00. The molecule has 2 rings (SSSR count). The number of aromatic amines is 1. The SMILES string of the molecule is CC[C@H](NC(=O)c1cn[nH]c1)c1nc(C)c(C)s1. The molecule has 5 nitrogen and oxygen atoms in total. The van der Waals surface area contributed by atoms with E-state index in [0.717, 1.165) is 17.1 Å². The summed E-state index contributed by atoms with van der Waals surface area (Å²) < 4.78 is 0. The lowest BCUT2D eigenvalue weighted by Crippen LogP contribution is -2.27. The van der Waals surface area contributed by atoms with Crippen LogP contribution >= 0.6 is 11.3 Å². The number of hydrogen-bond donors (Lipinski definition) is 2. The Kier molecular flexibility index (Phi) is 3.76. The Morgan fingerprint density at radius 3 is 2.83 bits per heavy atom. The van der Waals surface area contributed by atoms with E-state index >= 15 is 0 Å². The Morgan fingerprint density at radius 1 is 1.56 bits per heavy atom. The van der Waals surface area contributed by atoms with E-state index in [1.165, 1.54) is 11.1 Å². The van der Waals surface area contributed by atoms with Crippen molar-refractivity contribution in [1.29, 1.82) is 0 Å². The largest absolute Gasteiger partial charge is 0.343 e. The van der Waals surface area contributed by atoms with Crippen LogP contribution in [0, 0.1) is 13.8 Å². The number of thiazole rings is 1. The molecule has 0 aliphatic heterocycles. The lowest BCUT2D eigenvalue weighted by atomic mass is 10.2. The van der Waals surface area contributed by atoms with Gasteiger partial charge in [-0.25, -0.2) is 4.98 Å². The van der Waals surface area contributed by atoms with Gasteiger partial charge in [0.05, 0.1) is 23.5 Å². The highest BCUT2D eigenvalue weighted by Crippen LogP contribution is 2.25. The van der Waals surface area contributed by atoms with Crippen molar-refractivity contribution in [2.75, 3.05) is 0 Å². The van der Waals surface area contributed by atoms with Gasteiger partial charge in [-0.05, 0) is 20.3 Å². The second kappa shape index (κ2) is 5.30. The van der Waals surface area contributed by atoms with E-state index < -0.39 is 0 Å². The second-order valence-corrected chi connectivity index (χ2v) is 5.35. The zero-order chi connectivity index (χ0) is 13.1. The maximum Gasteiger partial charge on any atom is 0.255 e. The quantitative estimate of drug-likeness (QED) is 0.890. The van der Waals surface area contributed by atoms with Crippen LogP contribution in [0.2, 0.25) is 0 Å². The second-order valence-electron chi connectivity index (χ2n) is 4.11. The highest BCUT2D eigenvalue weighted by molar-refractivity contribution is 7.11. The number of aryl methyl sites for hydroxylation is 2. The van der Waals surface area contributed by atoms with Gasteiger partial charge in [0.2, 0.25) is 0 Å². The molecule has 0 saturated carbocycles. The third-order valence-electron chi connectivity index (χ3n) is 2.82. The predicted molar refractivity (Wildman–Crippen MR) is 70.7 cm³/mol. The van der Waals surface area contributed by atoms with E-state index in [-0.39, 0.29) is 11.9 Å². The number of nitrogens with zero attached hydrogens (tertiary/aromatic N) is 2. The van der Waals surface area contributed by atoms with Gasteiger partial charge in [-0.2, -0.15) is 5.10 Å². The van der Waals surface area contributed by atoms with Gasteiger partial charge in [-0.3, -0.25) is 9.89 Å². The van der Waals surface area contributed by atoms with E-state index in [1.54, 1.807) is 17.5 Å². The molecular formula is C12H16N4OS. The first-order chi connectivity index (χ1) is 8.61. The molecule has 0 aliphatic rings. The summed E-state index contributed by atoms with van der Waals surface area (Å²) in [5.41, 5.74) is 1.57. The molecular weight excluding hydrogens is 248 g/mol. The lowest BCUT2D eigenvalue weighted by Gasteiger charge is -2.13. The summed E-state index contributed by atoms with van der Waals surface area (Å²) in [5.74, 6) is -0.124. The van der Waals surface area contributed by atoms with Gasteiger partial charge in [0.25, 0.3) is 5.91 Å². The van der Waals surface area contributed by atoms with Crippen molar-refractivity contribution in [3.8, 4) is 0 Å². The van der Waals surface area contributed by atoms with Crippen LogP contribution < -0.4 is 5.32 Å². The van der Waals surface area contributed by atoms with Crippen LogP contribution in [0.5, 0.6) is 0 Å². The average Bonchev–Trinajstić information content (AvgIpc) is 2.97. The molecule has 1 atom stereocenters. The van der Waals surface area contributed by atoms with E-state index in [1.807, 2.05) is 20.8 Å². The number of hydrogen-bond acceptors (Lipinski definition) is 4. The molecule has 0 radical (unpaired) electrons. The number of carbonyl (C=O) groups is 1. The molecule has 0 unspecified atom stereocenters. The monoisotopic (exact) mass is 264 g/mol. The number of H-pyrrole nitrogens is 1. The van der Waals surface area contributed by atoms with Gasteiger partial charge in [-0.15, -0.1) is 11.3 Å². The standard InChI is InChI=1S/C12H16N4OS/c1-4-10(12-15-7(2)8(3)18-12)16-11(17)9-5-13-14-6-9/h5-6,10H,4H2,1-3H3,(H,13,14)(H,16,17)/t10-/m0/s1. The normalized spacial score (nSPS) is 12.4. The first-order valence-corrected chi connectivity index (χ1v) is 6.67. The Balaban J connectivity index is 2.12. The molecule has 96 valence electrons. The van der Waals surface area contributed by atoms with Gasteiger partial charge in [0, 0.05) is 11.1 Å². The van der Waals surface area contributed by atoms with Crippen molar-refractivity contribution in [3.63, 3.8) is 0 Å². The molecule has 2 heterocycles. The summed E-state index contributed by atoms with van der Waals surface area (Å²) in [5, 5.41) is 10.3. The molecule has 0 spiro atoms. The molecule has 0 fully saturated rings. The fraction of sp³-hybridized carbons (Fsp3) is 0.417. The van der Waals surface area contributed by atoms with Gasteiger partial charge >= 0.3 is 0 Å². The molecule has 1 amide bonds. The number of carbonyl (C=O) groups excluding carboxylic acids is 1. The topological polar surface area (TPSA) is 70.7 Å². The fourth-order valence-corrected chi connectivity index (χ4v) is 2.66. The van der Waals surface area contributed by atoms with Crippen LogP contribution in [-0.4, -0.2) is 21.1 Å². The number of rotatable bonds is 4. The molecule has 18 heavy (non-hydrogen) atoms. The molecule has 2 aromatic rings. The average molecular weight is 264 g/mol. The van der Waals surface area contributed by atoms with Crippen molar-refractivity contribution in [3.05, 3.63) is 33.5 Å². The number of amides is 1. The van der Waals surface area contributed by atoms with Gasteiger partial charge in [0.1, 0.15) is 5.01 Å². The van der Waals surface area contributed by atoms with Gasteiger partial charge in [0.15, 0.2) is 0 Å². The third kappa shape index (κ3) is 2.59. The summed E-state index contributed by atoms with van der Waals surface area (Å²) in [4.78, 5) is 17.6. The van der Waals surface area contributed by atoms with E-state index in [4.69, 9.17) is 0 Å². The van der Waals surface area contributed by atoms with E-state index in [9.17, 15) is 4.79 Å². The minimum atomic E-state index is -0.124. The van der Waals surface area contributed by atoms with Crippen LogP contribution in [-0.2, 0) is 0 Å². The molecule has 0 aliphatic carbocycles. The maximum absolute atomic E-state index is 11.9. The molecule has 2 aromatic heterocycles. The van der Waals surface area contributed by atoms with Crippen LogP contribution in [0.15, 0.2) is 12.4 Å². The smallest absolute Gasteiger partial charge is 0.255 e. The summed E-state index contributed by atoms with van der Waals surface area (Å²) in [6.45, 7) is 6.06. The maximum atomic E-state index is 11.9. The fourth-order valence-electron chi connectivity index (χ4n) is 1.60. The molecule has 0 bridgehead atoms. The molecule has 0 saturated heterocycles. The first-order valence-electron chi connectivity index (χ1n) is 5.85. The van der Waals surface area contributed by atoms with Crippen molar-refractivity contribution in [2.24, 2.45) is 0 Å². The molecule has 6 heteroatoms. The predicted octanol–water partition coefficient (Wildman–Crippen LogP) is 2.36. The molecule has 2 N–H and O–H groups in total. The van der Waals surface area contributed by atoms with Crippen molar-refractivity contribution < 1.29 is 4.79 Å². The summed E-state index contributed by atoms with van der Waals surface area (Å²) in [7, 11) is 0. The Morgan fingerprint density at radius 2 is 2.33 bits per heavy atom. The van der Waals surface area contributed by atoms with Crippen LogP contribution in [0.25, 0.3) is 0 Å². The lowest BCUT2D eigenvalue weighted by molar-refractivity contribution is 0.0935. The van der Waals surface area contributed by atoms with Gasteiger partial charge in [-0.1, -0.05) is 6.92 Å². The van der Waals surface area contributed by atoms with Crippen molar-refractivity contribution in [2.45, 2.75) is 33.2 Å². The highest BCUT2D eigenvalue weighted by atomic mass is 32.1. The van der Waals surface area contributed by atoms with Crippen molar-refractivity contribution in [1.82, 2.24) is 20.5 Å². The van der Waals surface area contributed by atoms with Crippen LogP contribution in [0.1, 0.15) is 45.3 Å². The Labute approximate surface area is 110 Å². The van der Waals surface area contributed by atoms with E-state index in [0.29, 0.717) is 5.56 Å². The summed E-state index contributed by atoms with van der Waals surface area (Å²) >= 11 is 1.64. The summed E-state index contributed by atoms with van der Waals surface area (Å²) in [6.07, 6.45) is 3.91. The minimum absolute atomic E-state index is 0.0372. The summed E-state index contributed by atoms with van der Waals surface area (Å²) in [6, 6.07) is -0.0372. The van der Waals surface area contributed by atoms with Crippen LogP contribution in [0.3, 0.4) is 0 Å². The van der Waals surface area contributed by atoms with Crippen molar-refractivity contribution >= 4 is 17.2 Å². The first kappa shape index (κ1) is 12.8.